The van der Waals surface area contributed by atoms with Crippen molar-refractivity contribution in [1.82, 2.24) is 0 Å². The van der Waals surface area contributed by atoms with E-state index in [-0.39, 0.29) is 0 Å². The molecule has 0 N–H and O–H groups in total. The Morgan fingerprint density at radius 3 is 1.43 bits per heavy atom. The smallest absolute Gasteiger partial charge is 0.124 e. The molecule has 0 heterocycles. The van der Waals surface area contributed by atoms with Gasteiger partial charge in [0.15, 0.2) is 0 Å². The summed E-state index contributed by atoms with van der Waals surface area (Å²) in [5.41, 5.74) is 8.99. The van der Waals surface area contributed by atoms with Gasteiger partial charge in [-0.05, 0) is 48.2 Å². The van der Waals surface area contributed by atoms with Gasteiger partial charge in [-0.1, -0.05) is 83.9 Å². The predicted molar refractivity (Wildman–Crippen MR) is 152 cm³/mol. The van der Waals surface area contributed by atoms with Gasteiger partial charge < -0.3 is 9.47 Å². The maximum absolute atomic E-state index is 6.35. The van der Waals surface area contributed by atoms with Crippen LogP contribution in [0.4, 0.5) is 0 Å². The van der Waals surface area contributed by atoms with Crippen LogP contribution in [-0.2, 0) is 5.41 Å². The largest absolute Gasteiger partial charge is 0.492 e. The van der Waals surface area contributed by atoms with Gasteiger partial charge in [0.25, 0.3) is 0 Å². The van der Waals surface area contributed by atoms with Gasteiger partial charge in [-0.25, -0.2) is 0 Å². The summed E-state index contributed by atoms with van der Waals surface area (Å²) in [6.07, 6.45) is 0. The minimum absolute atomic E-state index is 0.537. The van der Waals surface area contributed by atoms with E-state index in [4.69, 9.17) is 9.47 Å². The van der Waals surface area contributed by atoms with E-state index in [0.717, 1.165) is 22.6 Å². The van der Waals surface area contributed by atoms with Crippen LogP contribution < -0.4 is 9.47 Å². The molecular formula is C31H30O2S2. The fraction of sp³-hybridized carbons (Fsp3) is 0.226. The molecule has 1 aliphatic rings. The highest BCUT2D eigenvalue weighted by Gasteiger charge is 2.49. The SMILES string of the molecule is Cc1ccc(OCCS)c(C2(c3cc(C)ccc3OCCS)c3ccccc3-c3ccccc32)c1. The number of rotatable bonds is 8. The van der Waals surface area contributed by atoms with Crippen molar-refractivity contribution in [2.75, 3.05) is 24.7 Å². The van der Waals surface area contributed by atoms with E-state index in [9.17, 15) is 0 Å². The van der Waals surface area contributed by atoms with Gasteiger partial charge in [-0.15, -0.1) is 0 Å². The minimum Gasteiger partial charge on any atom is -0.492 e. The van der Waals surface area contributed by atoms with Crippen LogP contribution in [0.3, 0.4) is 0 Å². The Morgan fingerprint density at radius 2 is 1.00 bits per heavy atom. The Kier molecular flexibility index (Phi) is 6.86. The third-order valence-corrected chi connectivity index (χ3v) is 7.09. The Hall–Kier alpha value is -2.82. The third-order valence-electron chi connectivity index (χ3n) is 6.73. The van der Waals surface area contributed by atoms with E-state index in [1.54, 1.807) is 0 Å². The molecule has 0 unspecified atom stereocenters. The Labute approximate surface area is 219 Å². The van der Waals surface area contributed by atoms with Gasteiger partial charge >= 0.3 is 0 Å². The molecule has 0 fully saturated rings. The van der Waals surface area contributed by atoms with E-state index in [1.807, 2.05) is 0 Å². The fourth-order valence-corrected chi connectivity index (χ4v) is 5.58. The summed E-state index contributed by atoms with van der Waals surface area (Å²) in [7, 11) is 0. The molecule has 0 atom stereocenters. The summed E-state index contributed by atoms with van der Waals surface area (Å²) >= 11 is 8.82. The standard InChI is InChI=1S/C31H30O2S2/c1-21-11-13-29(32-15-17-34)27(19-21)31(28-20-22(2)12-14-30(28)33-16-18-35)25-9-5-3-7-23(25)24-8-4-6-10-26(24)31/h3-14,19-20,34-35H,15-18H2,1-2H3. The average Bonchev–Trinajstić information content (AvgIpc) is 3.18. The first-order valence-electron chi connectivity index (χ1n) is 12.0. The maximum Gasteiger partial charge on any atom is 0.124 e. The van der Waals surface area contributed by atoms with E-state index in [0.29, 0.717) is 24.7 Å². The molecule has 2 nitrogen and oxygen atoms in total. The summed E-state index contributed by atoms with van der Waals surface area (Å²) < 4.78 is 12.7. The summed E-state index contributed by atoms with van der Waals surface area (Å²) in [6.45, 7) is 5.35. The number of hydrogen-bond acceptors (Lipinski definition) is 4. The fourth-order valence-electron chi connectivity index (χ4n) is 5.40. The van der Waals surface area contributed by atoms with Gasteiger partial charge in [0.2, 0.25) is 0 Å². The number of hydrogen-bond donors (Lipinski definition) is 2. The summed E-state index contributed by atoms with van der Waals surface area (Å²) in [5.74, 6) is 3.04. The molecule has 0 radical (unpaired) electrons. The molecule has 0 bridgehead atoms. The van der Waals surface area contributed by atoms with E-state index >= 15 is 0 Å². The lowest BCUT2D eigenvalue weighted by Gasteiger charge is -2.36. The highest BCUT2D eigenvalue weighted by atomic mass is 32.1. The number of aryl methyl sites for hydroxylation is 2. The number of fused-ring (bicyclic) bond motifs is 3. The summed E-state index contributed by atoms with van der Waals surface area (Å²) in [5, 5.41) is 0. The van der Waals surface area contributed by atoms with Crippen LogP contribution in [0.1, 0.15) is 33.4 Å². The lowest BCUT2D eigenvalue weighted by molar-refractivity contribution is 0.331. The molecular weight excluding hydrogens is 468 g/mol. The zero-order valence-corrected chi connectivity index (χ0v) is 21.9. The molecule has 0 saturated heterocycles. The minimum atomic E-state index is -0.594. The topological polar surface area (TPSA) is 18.5 Å². The first-order chi connectivity index (χ1) is 17.1. The molecule has 1 aliphatic carbocycles. The number of ether oxygens (including phenoxy) is 2. The summed E-state index contributed by atoms with van der Waals surface area (Å²) in [6, 6.07) is 30.5. The Bertz CT molecular complexity index is 1260. The molecule has 0 aromatic heterocycles. The summed E-state index contributed by atoms with van der Waals surface area (Å²) in [4.78, 5) is 0. The Morgan fingerprint density at radius 1 is 0.571 bits per heavy atom. The van der Waals surface area contributed by atoms with Crippen LogP contribution in [0.5, 0.6) is 11.5 Å². The molecule has 0 amide bonds. The zero-order chi connectivity index (χ0) is 24.4. The average molecular weight is 499 g/mol. The Balaban J connectivity index is 1.95. The van der Waals surface area contributed by atoms with Crippen molar-refractivity contribution in [2.45, 2.75) is 19.3 Å². The van der Waals surface area contributed by atoms with Gasteiger partial charge in [0, 0.05) is 22.6 Å². The van der Waals surface area contributed by atoms with Crippen molar-refractivity contribution >= 4 is 25.3 Å². The highest BCUT2D eigenvalue weighted by molar-refractivity contribution is 7.80. The lowest BCUT2D eigenvalue weighted by Crippen LogP contribution is -2.30. The van der Waals surface area contributed by atoms with Gasteiger partial charge in [-0.3, -0.25) is 0 Å². The van der Waals surface area contributed by atoms with Crippen LogP contribution in [0.15, 0.2) is 84.9 Å². The van der Waals surface area contributed by atoms with E-state index < -0.39 is 5.41 Å². The second kappa shape index (κ2) is 10.0. The van der Waals surface area contributed by atoms with Crippen molar-refractivity contribution in [1.29, 1.82) is 0 Å². The van der Waals surface area contributed by atoms with Crippen molar-refractivity contribution in [3.8, 4) is 22.6 Å². The monoisotopic (exact) mass is 498 g/mol. The van der Waals surface area contributed by atoms with Crippen LogP contribution in [0.2, 0.25) is 0 Å². The second-order valence-corrected chi connectivity index (χ2v) is 9.88. The molecule has 5 rings (SSSR count). The third kappa shape index (κ3) is 4.03. The molecule has 4 aromatic rings. The number of benzene rings is 4. The first-order valence-corrected chi connectivity index (χ1v) is 13.3. The van der Waals surface area contributed by atoms with E-state index in [2.05, 4.69) is 124 Å². The van der Waals surface area contributed by atoms with Crippen LogP contribution >= 0.6 is 25.3 Å². The molecule has 178 valence electrons. The normalized spacial score (nSPS) is 13.3. The highest BCUT2D eigenvalue weighted by Crippen LogP contribution is 2.59. The maximum atomic E-state index is 6.35. The van der Waals surface area contributed by atoms with Crippen LogP contribution in [0.25, 0.3) is 11.1 Å². The quantitative estimate of drug-likeness (QED) is 0.219. The lowest BCUT2D eigenvalue weighted by atomic mass is 9.66. The number of thiol groups is 2. The van der Waals surface area contributed by atoms with Gasteiger partial charge in [0.1, 0.15) is 11.5 Å². The molecule has 4 aromatic carbocycles. The zero-order valence-electron chi connectivity index (χ0n) is 20.1. The molecule has 35 heavy (non-hydrogen) atoms. The molecule has 0 aliphatic heterocycles. The molecule has 0 saturated carbocycles. The van der Waals surface area contributed by atoms with Crippen molar-refractivity contribution in [3.05, 3.63) is 118 Å². The van der Waals surface area contributed by atoms with Gasteiger partial charge in [-0.2, -0.15) is 25.3 Å². The molecule has 4 heteroatoms. The first kappa shape index (κ1) is 23.9. The van der Waals surface area contributed by atoms with Crippen molar-refractivity contribution < 1.29 is 9.47 Å². The van der Waals surface area contributed by atoms with E-state index in [1.165, 1.54) is 33.4 Å². The molecule has 0 spiro atoms. The van der Waals surface area contributed by atoms with Crippen molar-refractivity contribution in [3.63, 3.8) is 0 Å². The second-order valence-electron chi connectivity index (χ2n) is 8.98. The van der Waals surface area contributed by atoms with Crippen LogP contribution in [0, 0.1) is 13.8 Å². The van der Waals surface area contributed by atoms with Crippen LogP contribution in [-0.4, -0.2) is 24.7 Å². The predicted octanol–water partition coefficient (Wildman–Crippen LogP) is 7.28. The van der Waals surface area contributed by atoms with Gasteiger partial charge in [0.05, 0.1) is 18.6 Å². The van der Waals surface area contributed by atoms with Crippen molar-refractivity contribution in [2.24, 2.45) is 0 Å².